The molecule has 2 N–H and O–H groups in total. The van der Waals surface area contributed by atoms with Gasteiger partial charge in [0.2, 0.25) is 0 Å². The third-order valence-corrected chi connectivity index (χ3v) is 13.7. The first-order chi connectivity index (χ1) is 20.7. The zero-order valence-corrected chi connectivity index (χ0v) is 26.6. The predicted octanol–water partition coefficient (Wildman–Crippen LogP) is 1.38. The lowest BCUT2D eigenvalue weighted by Gasteiger charge is -2.47. The molecule has 0 bridgehead atoms. The monoisotopic (exact) mass is 641 g/mol. The molecule has 3 atom stereocenters. The highest BCUT2D eigenvalue weighted by molar-refractivity contribution is 7.56. The van der Waals surface area contributed by atoms with Crippen molar-refractivity contribution >= 4 is 14.8 Å². The second-order valence-corrected chi connectivity index (χ2v) is 15.5. The summed E-state index contributed by atoms with van der Waals surface area (Å²) in [5.74, 6) is 0. The van der Waals surface area contributed by atoms with Crippen LogP contribution in [0.25, 0.3) is 0 Å². The average Bonchev–Trinajstić information content (AvgIpc) is 3.76. The van der Waals surface area contributed by atoms with E-state index in [2.05, 4.69) is 28.7 Å². The second kappa shape index (κ2) is 16.0. The van der Waals surface area contributed by atoms with Crippen molar-refractivity contribution in [2.75, 3.05) is 118 Å². The van der Waals surface area contributed by atoms with Crippen LogP contribution in [0.1, 0.15) is 38.5 Å². The molecule has 0 saturated carbocycles. The van der Waals surface area contributed by atoms with Crippen molar-refractivity contribution in [1.29, 1.82) is 0 Å². The third-order valence-electron chi connectivity index (χ3n) is 9.89. The maximum Gasteiger partial charge on any atom is 0.673 e. The second-order valence-electron chi connectivity index (χ2n) is 12.7. The van der Waals surface area contributed by atoms with Gasteiger partial charge in [-0.25, -0.2) is 19.2 Å². The maximum absolute atomic E-state index is 9.75. The number of ether oxygens (including phenoxy) is 3. The highest BCUT2D eigenvalue weighted by atomic mass is 31.2. The molecule has 6 fully saturated rings. The Bertz CT molecular complexity index is 791. The summed E-state index contributed by atoms with van der Waals surface area (Å²) in [6, 6.07) is 1.67. The summed E-state index contributed by atoms with van der Waals surface area (Å²) in [5, 5.41) is 8.06. The summed E-state index contributed by atoms with van der Waals surface area (Å²) in [4.78, 5) is 7.92. The Kier molecular flexibility index (Phi) is 12.6. The zero-order valence-electron chi connectivity index (χ0n) is 25.7. The van der Waals surface area contributed by atoms with Crippen LogP contribution in [0.2, 0.25) is 0 Å². The minimum absolute atomic E-state index is 0.556. The van der Waals surface area contributed by atoms with Gasteiger partial charge in [-0.1, -0.05) is 0 Å². The van der Waals surface area contributed by atoms with Crippen LogP contribution in [0.15, 0.2) is 0 Å². The maximum atomic E-state index is 9.75. The van der Waals surface area contributed by atoms with Gasteiger partial charge in [0.1, 0.15) is 0 Å². The molecule has 43 heavy (non-hydrogen) atoms. The molecule has 250 valence electrons. The van der Waals surface area contributed by atoms with Crippen LogP contribution in [-0.2, 0) is 14.2 Å². The third kappa shape index (κ3) is 9.36. The van der Waals surface area contributed by atoms with Crippen LogP contribution in [0.5, 0.6) is 0 Å². The number of rotatable bonds is 9. The minimum atomic E-state index is -6.00. The Morgan fingerprint density at radius 1 is 0.512 bits per heavy atom. The van der Waals surface area contributed by atoms with E-state index in [4.69, 9.17) is 19.4 Å². The van der Waals surface area contributed by atoms with E-state index >= 15 is 0 Å². The quantitative estimate of drug-likeness (QED) is 0.229. The Hall–Kier alpha value is -0.345. The standard InChI is InChI=1S/C27H52N7O3P.BF4/c28-38(32-7-1-4-25(32)22-29-10-16-35-17-11-29,33-8-2-5-26(33)23-30-12-18-36-19-13-30)34-9-3-6-27(34)24-31-14-20-37-21-15-31;2-1(3,4)5/h25-28H,1-24H2;/q;-1/p+1/t25-,26-,27-;/m0./s1. The summed E-state index contributed by atoms with van der Waals surface area (Å²) in [6.07, 6.45) is 7.66. The highest BCUT2D eigenvalue weighted by Crippen LogP contribution is 2.61. The fourth-order valence-corrected chi connectivity index (χ4v) is 12.1. The molecule has 0 unspecified atom stereocenters. The van der Waals surface area contributed by atoms with Crippen LogP contribution in [0, 0.1) is 0 Å². The summed E-state index contributed by atoms with van der Waals surface area (Å²) in [5.41, 5.74) is 0. The van der Waals surface area contributed by atoms with Crippen LogP contribution in [-0.4, -0.2) is 172 Å². The van der Waals surface area contributed by atoms with Crippen LogP contribution >= 0.6 is 7.51 Å². The van der Waals surface area contributed by atoms with E-state index in [1.54, 1.807) is 0 Å². The van der Waals surface area contributed by atoms with Gasteiger partial charge in [-0.15, -0.1) is 0 Å². The number of halogens is 4. The highest BCUT2D eigenvalue weighted by Gasteiger charge is 2.55. The largest absolute Gasteiger partial charge is 0.673 e. The molecular formula is C27H53BF4N7O3P. The molecule has 6 aliphatic rings. The molecule has 0 aromatic carbocycles. The molecule has 10 nitrogen and oxygen atoms in total. The lowest BCUT2D eigenvalue weighted by atomic mass is 10.2. The van der Waals surface area contributed by atoms with Gasteiger partial charge < -0.3 is 31.5 Å². The summed E-state index contributed by atoms with van der Waals surface area (Å²) in [6.45, 7) is 18.5. The van der Waals surface area contributed by atoms with Crippen molar-refractivity contribution in [2.24, 2.45) is 0 Å². The Morgan fingerprint density at radius 3 is 1.02 bits per heavy atom. The molecule has 6 rings (SSSR count). The van der Waals surface area contributed by atoms with Gasteiger partial charge in [0.15, 0.2) is 0 Å². The molecule has 16 heteroatoms. The lowest BCUT2D eigenvalue weighted by molar-refractivity contribution is -0.117. The summed E-state index contributed by atoms with van der Waals surface area (Å²) in [7, 11) is -8.16. The molecule has 0 spiro atoms. The van der Waals surface area contributed by atoms with Gasteiger partial charge in [0, 0.05) is 96.7 Å². The van der Waals surface area contributed by atoms with Gasteiger partial charge in [0.05, 0.1) is 39.6 Å². The average molecular weight is 642 g/mol. The molecule has 0 aromatic rings. The number of nitrogens with two attached hydrogens (primary N) is 1. The molecule has 6 saturated heterocycles. The van der Waals surface area contributed by atoms with Crippen LogP contribution in [0.3, 0.4) is 0 Å². The Morgan fingerprint density at radius 2 is 0.767 bits per heavy atom. The number of hydrogen-bond acceptors (Lipinski definition) is 6. The smallest absolute Gasteiger partial charge is 0.418 e. The SMILES string of the molecule is F[B-](F)(F)F.[NH2+]=P(N1CCC[C@H]1CN1CCOCC1)(N1CCC[C@H]1CN1CCOCC1)N1CCC[C@H]1CN1CCOCC1. The predicted molar refractivity (Wildman–Crippen MR) is 160 cm³/mol. The fraction of sp³-hybridized carbons (Fsp3) is 1.00. The molecule has 0 aromatic heterocycles. The molecule has 6 aliphatic heterocycles. The van der Waals surface area contributed by atoms with Crippen molar-refractivity contribution in [2.45, 2.75) is 56.7 Å². The van der Waals surface area contributed by atoms with Crippen molar-refractivity contribution in [3.05, 3.63) is 0 Å². The fourth-order valence-electron chi connectivity index (χ4n) is 7.87. The molecule has 6 heterocycles. The molecule has 0 aliphatic carbocycles. The number of morpholine rings is 3. The van der Waals surface area contributed by atoms with E-state index in [9.17, 15) is 17.3 Å². The van der Waals surface area contributed by atoms with E-state index in [1.165, 1.54) is 38.5 Å². The summed E-state index contributed by atoms with van der Waals surface area (Å²) >= 11 is 0. The first-order valence-corrected chi connectivity index (χ1v) is 18.2. The van der Waals surface area contributed by atoms with Gasteiger partial charge in [0.25, 0.3) is 0 Å². The number of nitrogens with zero attached hydrogens (tertiary/aromatic N) is 6. The van der Waals surface area contributed by atoms with E-state index in [1.807, 2.05) is 0 Å². The normalized spacial score (nSPS) is 31.9. The minimum Gasteiger partial charge on any atom is -0.418 e. The van der Waals surface area contributed by atoms with E-state index < -0.39 is 14.8 Å². The first kappa shape index (κ1) is 34.0. The number of hydrogen-bond donors (Lipinski definition) is 1. The van der Waals surface area contributed by atoms with Crippen molar-refractivity contribution in [3.8, 4) is 0 Å². The van der Waals surface area contributed by atoms with Gasteiger partial charge in [-0.05, 0) is 38.5 Å². The van der Waals surface area contributed by atoms with Gasteiger partial charge in [-0.2, -0.15) is 0 Å². The molecular weight excluding hydrogens is 588 g/mol. The zero-order chi connectivity index (χ0) is 30.3. The van der Waals surface area contributed by atoms with E-state index in [0.717, 1.165) is 118 Å². The molecule has 0 amide bonds. The van der Waals surface area contributed by atoms with E-state index in [-0.39, 0.29) is 0 Å². The van der Waals surface area contributed by atoms with Crippen molar-refractivity contribution in [3.63, 3.8) is 0 Å². The summed E-state index contributed by atoms with van der Waals surface area (Å²) < 4.78 is 64.6. The van der Waals surface area contributed by atoms with Crippen molar-refractivity contribution < 1.29 is 36.6 Å². The van der Waals surface area contributed by atoms with E-state index in [0.29, 0.717) is 18.1 Å². The van der Waals surface area contributed by atoms with Crippen molar-refractivity contribution in [1.82, 2.24) is 28.7 Å². The van der Waals surface area contributed by atoms with Gasteiger partial charge >= 0.3 is 14.8 Å². The Labute approximate surface area is 255 Å². The van der Waals surface area contributed by atoms with Gasteiger partial charge in [-0.3, -0.25) is 14.7 Å². The topological polar surface area (TPSA) is 72.7 Å². The Balaban J connectivity index is 0.000000682. The van der Waals surface area contributed by atoms with Crippen LogP contribution < -0.4 is 5.16 Å². The lowest BCUT2D eigenvalue weighted by Crippen LogP contribution is -2.60. The molecule has 0 radical (unpaired) electrons. The van der Waals surface area contributed by atoms with Crippen LogP contribution in [0.4, 0.5) is 17.3 Å². The first-order valence-electron chi connectivity index (χ1n) is 16.5.